The van der Waals surface area contributed by atoms with Crippen LogP contribution in [0.4, 0.5) is 4.79 Å². The minimum absolute atomic E-state index is 0.404. The second kappa shape index (κ2) is 6.21. The zero-order valence-electron chi connectivity index (χ0n) is 11.5. The molecule has 0 spiro atoms. The van der Waals surface area contributed by atoms with Gasteiger partial charge in [-0.15, -0.1) is 0 Å². The van der Waals surface area contributed by atoms with Crippen molar-refractivity contribution in [3.8, 4) is 0 Å². The highest BCUT2D eigenvalue weighted by atomic mass is 16.5. The topological polar surface area (TPSA) is 99.1 Å². The first-order valence-corrected chi connectivity index (χ1v) is 6.30. The molecular weight excluding hydrogens is 252 g/mol. The lowest BCUT2D eigenvalue weighted by Gasteiger charge is -2.39. The number of aliphatic hydroxyl groups is 1. The van der Waals surface area contributed by atoms with Gasteiger partial charge in [0.1, 0.15) is 0 Å². The van der Waals surface area contributed by atoms with Crippen LogP contribution in [-0.4, -0.2) is 65.1 Å². The van der Waals surface area contributed by atoms with E-state index in [2.05, 4.69) is 5.32 Å². The molecule has 1 aliphatic rings. The van der Waals surface area contributed by atoms with Crippen molar-refractivity contribution in [3.63, 3.8) is 0 Å². The fourth-order valence-corrected chi connectivity index (χ4v) is 2.16. The Morgan fingerprint density at radius 2 is 2.11 bits per heavy atom. The smallest absolute Gasteiger partial charge is 0.328 e. The summed E-state index contributed by atoms with van der Waals surface area (Å²) in [6.07, 6.45) is 0.496. The van der Waals surface area contributed by atoms with E-state index >= 15 is 0 Å². The molecule has 1 saturated heterocycles. The molecule has 0 radical (unpaired) electrons. The van der Waals surface area contributed by atoms with Crippen molar-refractivity contribution in [2.75, 3.05) is 20.2 Å². The van der Waals surface area contributed by atoms with Gasteiger partial charge in [-0.05, 0) is 26.7 Å². The Labute approximate surface area is 112 Å². The number of piperidine rings is 1. The number of urea groups is 1. The number of carbonyl (C=O) groups excluding carboxylic acids is 1. The standard InChI is InChI=1S/C12H22N2O5/c1-8(15)9(10(16)17)13-11(18)14-6-4-5-12(2,7-14)19-3/h8-9,15H,4-7H2,1-3H3,(H,13,18)(H,16,17)/t8-,9+,12?/m1/s1. The maximum absolute atomic E-state index is 12.0. The van der Waals surface area contributed by atoms with Gasteiger partial charge in [0.25, 0.3) is 0 Å². The minimum Gasteiger partial charge on any atom is -0.480 e. The highest BCUT2D eigenvalue weighted by molar-refractivity contribution is 5.83. The number of ether oxygens (including phenoxy) is 1. The van der Waals surface area contributed by atoms with Gasteiger partial charge in [0.2, 0.25) is 0 Å². The van der Waals surface area contributed by atoms with Crippen LogP contribution in [0.1, 0.15) is 26.7 Å². The highest BCUT2D eigenvalue weighted by Gasteiger charge is 2.35. The van der Waals surface area contributed by atoms with Crippen LogP contribution in [0.25, 0.3) is 0 Å². The van der Waals surface area contributed by atoms with Crippen molar-refractivity contribution in [1.29, 1.82) is 0 Å². The molecule has 19 heavy (non-hydrogen) atoms. The maximum atomic E-state index is 12.0. The second-order valence-corrected chi connectivity index (χ2v) is 5.19. The first-order valence-electron chi connectivity index (χ1n) is 6.30. The van der Waals surface area contributed by atoms with Crippen LogP contribution in [0.2, 0.25) is 0 Å². The first-order chi connectivity index (χ1) is 8.79. The number of hydrogen-bond donors (Lipinski definition) is 3. The van der Waals surface area contributed by atoms with Crippen molar-refractivity contribution in [3.05, 3.63) is 0 Å². The predicted octanol–water partition coefficient (Wildman–Crippen LogP) is 0.0309. The SMILES string of the molecule is COC1(C)CCCN(C(=O)N[C@H](C(=O)O)[C@@H](C)O)C1. The number of hydrogen-bond acceptors (Lipinski definition) is 4. The van der Waals surface area contributed by atoms with Crippen molar-refractivity contribution >= 4 is 12.0 Å². The fraction of sp³-hybridized carbons (Fsp3) is 0.833. The molecule has 0 saturated carbocycles. The van der Waals surface area contributed by atoms with Gasteiger partial charge in [-0.1, -0.05) is 0 Å². The van der Waals surface area contributed by atoms with Gasteiger partial charge >= 0.3 is 12.0 Å². The number of nitrogens with one attached hydrogen (secondary N) is 1. The normalized spacial score (nSPS) is 26.6. The Morgan fingerprint density at radius 1 is 1.47 bits per heavy atom. The monoisotopic (exact) mass is 274 g/mol. The molecule has 1 unspecified atom stereocenters. The number of carboxylic acid groups (broad SMARTS) is 1. The largest absolute Gasteiger partial charge is 0.480 e. The number of aliphatic hydroxyl groups excluding tert-OH is 1. The summed E-state index contributed by atoms with van der Waals surface area (Å²) in [7, 11) is 1.59. The molecule has 7 nitrogen and oxygen atoms in total. The van der Waals surface area contributed by atoms with E-state index in [4.69, 9.17) is 9.84 Å². The summed E-state index contributed by atoms with van der Waals surface area (Å²) in [5.74, 6) is -1.25. The van der Waals surface area contributed by atoms with Crippen LogP contribution in [0, 0.1) is 0 Å². The van der Waals surface area contributed by atoms with Gasteiger partial charge in [-0.3, -0.25) is 0 Å². The molecule has 0 bridgehead atoms. The summed E-state index contributed by atoms with van der Waals surface area (Å²) in [4.78, 5) is 24.4. The molecule has 1 rings (SSSR count). The van der Waals surface area contributed by atoms with Crippen LogP contribution in [0.3, 0.4) is 0 Å². The quantitative estimate of drug-likeness (QED) is 0.672. The zero-order valence-corrected chi connectivity index (χ0v) is 11.5. The van der Waals surface area contributed by atoms with E-state index < -0.39 is 29.7 Å². The molecule has 7 heteroatoms. The first kappa shape index (κ1) is 15.7. The number of methoxy groups -OCH3 is 1. The Kier molecular flexibility index (Phi) is 5.13. The van der Waals surface area contributed by atoms with Gasteiger partial charge in [-0.25, -0.2) is 9.59 Å². The Balaban J connectivity index is 2.64. The van der Waals surface area contributed by atoms with Gasteiger partial charge in [0.05, 0.1) is 18.2 Å². The summed E-state index contributed by atoms with van der Waals surface area (Å²) in [5, 5.41) is 20.6. The molecular formula is C12H22N2O5. The maximum Gasteiger partial charge on any atom is 0.328 e. The number of rotatable bonds is 4. The Bertz CT molecular complexity index is 347. The lowest BCUT2D eigenvalue weighted by Crippen LogP contribution is -2.57. The lowest BCUT2D eigenvalue weighted by molar-refractivity contribution is -0.141. The third-order valence-electron chi connectivity index (χ3n) is 3.47. The van der Waals surface area contributed by atoms with Crippen molar-refractivity contribution in [2.45, 2.75) is 44.4 Å². The van der Waals surface area contributed by atoms with Crippen molar-refractivity contribution in [1.82, 2.24) is 10.2 Å². The number of nitrogens with zero attached hydrogens (tertiary/aromatic N) is 1. The lowest BCUT2D eigenvalue weighted by atomic mass is 9.95. The average molecular weight is 274 g/mol. The molecule has 3 N–H and O–H groups in total. The molecule has 2 amide bonds. The predicted molar refractivity (Wildman–Crippen MR) is 67.9 cm³/mol. The van der Waals surface area contributed by atoms with E-state index in [0.717, 1.165) is 12.8 Å². The second-order valence-electron chi connectivity index (χ2n) is 5.19. The average Bonchev–Trinajstić information content (AvgIpc) is 2.35. The number of carboxylic acids is 1. The van der Waals surface area contributed by atoms with E-state index in [-0.39, 0.29) is 0 Å². The highest BCUT2D eigenvalue weighted by Crippen LogP contribution is 2.23. The molecule has 1 heterocycles. The summed E-state index contributed by atoms with van der Waals surface area (Å²) in [6, 6.07) is -1.79. The van der Waals surface area contributed by atoms with Crippen LogP contribution < -0.4 is 5.32 Å². The molecule has 1 aliphatic heterocycles. The Hall–Kier alpha value is -1.34. The van der Waals surface area contributed by atoms with Crippen LogP contribution in [-0.2, 0) is 9.53 Å². The number of aliphatic carboxylic acids is 1. The third-order valence-corrected chi connectivity index (χ3v) is 3.47. The van der Waals surface area contributed by atoms with E-state index in [0.29, 0.717) is 13.1 Å². The molecule has 110 valence electrons. The molecule has 0 aromatic carbocycles. The minimum atomic E-state index is -1.30. The Morgan fingerprint density at radius 3 is 2.58 bits per heavy atom. The van der Waals surface area contributed by atoms with E-state index in [1.54, 1.807) is 7.11 Å². The van der Waals surface area contributed by atoms with Crippen molar-refractivity contribution < 1.29 is 24.5 Å². The molecule has 0 aromatic rings. The zero-order chi connectivity index (χ0) is 14.6. The summed E-state index contributed by atoms with van der Waals surface area (Å²) in [6.45, 7) is 4.20. The fourth-order valence-electron chi connectivity index (χ4n) is 2.16. The van der Waals surface area contributed by atoms with Gasteiger partial charge in [0.15, 0.2) is 6.04 Å². The summed E-state index contributed by atoms with van der Waals surface area (Å²) < 4.78 is 5.37. The summed E-state index contributed by atoms with van der Waals surface area (Å²) >= 11 is 0. The van der Waals surface area contributed by atoms with Crippen LogP contribution >= 0.6 is 0 Å². The van der Waals surface area contributed by atoms with Gasteiger partial charge in [0, 0.05) is 13.7 Å². The van der Waals surface area contributed by atoms with E-state index in [9.17, 15) is 14.7 Å². The summed E-state index contributed by atoms with van der Waals surface area (Å²) in [5.41, 5.74) is -0.404. The third kappa shape index (κ3) is 4.07. The number of amides is 2. The van der Waals surface area contributed by atoms with Gasteiger partial charge < -0.3 is 25.2 Å². The van der Waals surface area contributed by atoms with E-state index in [1.807, 2.05) is 6.92 Å². The number of likely N-dealkylation sites (tertiary alicyclic amines) is 1. The number of carbonyl (C=O) groups is 2. The van der Waals surface area contributed by atoms with Gasteiger partial charge in [-0.2, -0.15) is 0 Å². The molecule has 0 aliphatic carbocycles. The molecule has 3 atom stereocenters. The van der Waals surface area contributed by atoms with Crippen molar-refractivity contribution in [2.24, 2.45) is 0 Å². The molecule has 1 fully saturated rings. The van der Waals surface area contributed by atoms with E-state index in [1.165, 1.54) is 11.8 Å². The van der Waals surface area contributed by atoms with Crippen LogP contribution in [0.15, 0.2) is 0 Å². The molecule has 0 aromatic heterocycles. The van der Waals surface area contributed by atoms with Crippen LogP contribution in [0.5, 0.6) is 0 Å².